The van der Waals surface area contributed by atoms with E-state index in [9.17, 15) is 9.50 Å². The van der Waals surface area contributed by atoms with Gasteiger partial charge in [0, 0.05) is 11.6 Å². The van der Waals surface area contributed by atoms with Crippen LogP contribution in [-0.2, 0) is 0 Å². The maximum absolute atomic E-state index is 13.4. The Morgan fingerprint density at radius 3 is 2.71 bits per heavy atom. The molecule has 0 aromatic heterocycles. The highest BCUT2D eigenvalue weighted by atomic mass is 19.1. The molecular weight excluding hydrogens is 187 g/mol. The first-order valence-electron chi connectivity index (χ1n) is 4.49. The Labute approximate surface area is 81.1 Å². The Morgan fingerprint density at radius 2 is 2.07 bits per heavy atom. The van der Waals surface area contributed by atoms with Crippen LogP contribution in [0, 0.1) is 5.82 Å². The van der Waals surface area contributed by atoms with E-state index in [0.717, 1.165) is 0 Å². The zero-order valence-corrected chi connectivity index (χ0v) is 7.79. The lowest BCUT2D eigenvalue weighted by Crippen LogP contribution is -1.98. The first-order valence-corrected chi connectivity index (χ1v) is 4.49. The Hall–Kier alpha value is -1.29. The minimum Gasteiger partial charge on any atom is -0.454 e. The number of ether oxygens (including phenoxy) is 2. The van der Waals surface area contributed by atoms with Crippen LogP contribution in [0.4, 0.5) is 4.39 Å². The highest BCUT2D eigenvalue weighted by Gasteiger charge is 2.20. The van der Waals surface area contributed by atoms with Crippen LogP contribution in [0.2, 0.25) is 0 Å². The molecule has 1 aliphatic heterocycles. The van der Waals surface area contributed by atoms with Gasteiger partial charge >= 0.3 is 0 Å². The van der Waals surface area contributed by atoms with Crippen molar-refractivity contribution >= 4 is 0 Å². The zero-order chi connectivity index (χ0) is 10.1. The standard InChI is InChI=1S/C10H11FO3/c1-2-8(12)6-3-9-10(4-7(6)11)14-5-13-9/h3-4,8,12H,2,5H2,1H3. The van der Waals surface area contributed by atoms with E-state index in [0.29, 0.717) is 17.9 Å². The first kappa shape index (κ1) is 9.27. The fourth-order valence-corrected chi connectivity index (χ4v) is 1.41. The summed E-state index contributed by atoms with van der Waals surface area (Å²) >= 11 is 0. The van der Waals surface area contributed by atoms with Crippen LogP contribution in [0.25, 0.3) is 0 Å². The number of benzene rings is 1. The van der Waals surface area contributed by atoms with Crippen molar-refractivity contribution in [3.8, 4) is 11.5 Å². The van der Waals surface area contributed by atoms with E-state index in [1.54, 1.807) is 6.92 Å². The summed E-state index contributed by atoms with van der Waals surface area (Å²) < 4.78 is 23.5. The molecule has 0 saturated heterocycles. The van der Waals surface area contributed by atoms with Gasteiger partial charge in [-0.05, 0) is 12.5 Å². The molecule has 0 radical (unpaired) electrons. The molecule has 0 aliphatic carbocycles. The van der Waals surface area contributed by atoms with E-state index < -0.39 is 11.9 Å². The van der Waals surface area contributed by atoms with Gasteiger partial charge in [0.15, 0.2) is 11.5 Å². The minimum absolute atomic E-state index is 0.112. The predicted octanol–water partition coefficient (Wildman–Crippen LogP) is 2.00. The number of hydrogen-bond acceptors (Lipinski definition) is 3. The Morgan fingerprint density at radius 1 is 1.43 bits per heavy atom. The Balaban J connectivity index is 2.42. The van der Waals surface area contributed by atoms with Crippen molar-refractivity contribution in [2.24, 2.45) is 0 Å². The molecule has 1 atom stereocenters. The topological polar surface area (TPSA) is 38.7 Å². The summed E-state index contributed by atoms with van der Waals surface area (Å²) in [7, 11) is 0. The number of aliphatic hydroxyl groups is 1. The highest BCUT2D eigenvalue weighted by Crippen LogP contribution is 2.36. The molecule has 0 bridgehead atoms. The summed E-state index contributed by atoms with van der Waals surface area (Å²) in [6.07, 6.45) is -0.319. The van der Waals surface area contributed by atoms with Crippen LogP contribution in [-0.4, -0.2) is 11.9 Å². The van der Waals surface area contributed by atoms with Gasteiger partial charge in [-0.25, -0.2) is 4.39 Å². The summed E-state index contributed by atoms with van der Waals surface area (Å²) in [5.74, 6) is 0.437. The Kier molecular flexibility index (Phi) is 2.29. The summed E-state index contributed by atoms with van der Waals surface area (Å²) in [5.41, 5.74) is 0.261. The molecular formula is C10H11FO3. The molecule has 0 amide bonds. The monoisotopic (exact) mass is 198 g/mol. The number of fused-ring (bicyclic) bond motifs is 1. The second-order valence-corrected chi connectivity index (χ2v) is 3.15. The summed E-state index contributed by atoms with van der Waals surface area (Å²) in [6.45, 7) is 1.90. The molecule has 0 spiro atoms. The SMILES string of the molecule is CCC(O)c1cc2c(cc1F)OCO2. The average Bonchev–Trinajstić information content (AvgIpc) is 2.62. The second kappa shape index (κ2) is 3.46. The zero-order valence-electron chi connectivity index (χ0n) is 7.79. The third-order valence-corrected chi connectivity index (χ3v) is 2.24. The van der Waals surface area contributed by atoms with E-state index in [4.69, 9.17) is 9.47 Å². The van der Waals surface area contributed by atoms with Crippen LogP contribution in [0.15, 0.2) is 12.1 Å². The van der Waals surface area contributed by atoms with Crippen molar-refractivity contribution in [3.05, 3.63) is 23.5 Å². The lowest BCUT2D eigenvalue weighted by Gasteiger charge is -2.09. The quantitative estimate of drug-likeness (QED) is 0.789. The third kappa shape index (κ3) is 1.42. The molecule has 1 N–H and O–H groups in total. The number of halogens is 1. The smallest absolute Gasteiger partial charge is 0.231 e. The minimum atomic E-state index is -0.788. The van der Waals surface area contributed by atoms with Gasteiger partial charge in [-0.2, -0.15) is 0 Å². The normalized spacial score (nSPS) is 15.6. The molecule has 1 aliphatic rings. The van der Waals surface area contributed by atoms with E-state index in [1.165, 1.54) is 12.1 Å². The summed E-state index contributed by atoms with van der Waals surface area (Å²) in [6, 6.07) is 2.74. The summed E-state index contributed by atoms with van der Waals surface area (Å²) in [4.78, 5) is 0. The highest BCUT2D eigenvalue weighted by molar-refractivity contribution is 5.45. The molecule has 2 rings (SSSR count). The van der Waals surface area contributed by atoms with Crippen molar-refractivity contribution in [1.29, 1.82) is 0 Å². The lowest BCUT2D eigenvalue weighted by molar-refractivity contribution is 0.167. The van der Waals surface area contributed by atoms with E-state index >= 15 is 0 Å². The molecule has 14 heavy (non-hydrogen) atoms. The average molecular weight is 198 g/mol. The van der Waals surface area contributed by atoms with Crippen LogP contribution in [0.3, 0.4) is 0 Å². The van der Waals surface area contributed by atoms with Gasteiger partial charge < -0.3 is 14.6 Å². The molecule has 1 heterocycles. The van der Waals surface area contributed by atoms with Gasteiger partial charge in [0.25, 0.3) is 0 Å². The molecule has 1 unspecified atom stereocenters. The van der Waals surface area contributed by atoms with E-state index in [-0.39, 0.29) is 12.4 Å². The van der Waals surface area contributed by atoms with Crippen molar-refractivity contribution in [3.63, 3.8) is 0 Å². The molecule has 1 aromatic carbocycles. The molecule has 0 fully saturated rings. The molecule has 0 saturated carbocycles. The third-order valence-electron chi connectivity index (χ3n) is 2.24. The fraction of sp³-hybridized carbons (Fsp3) is 0.400. The Bertz CT molecular complexity index is 351. The fourth-order valence-electron chi connectivity index (χ4n) is 1.41. The maximum Gasteiger partial charge on any atom is 0.231 e. The van der Waals surface area contributed by atoms with Gasteiger partial charge in [-0.3, -0.25) is 0 Å². The maximum atomic E-state index is 13.4. The van der Waals surface area contributed by atoms with Crippen LogP contribution < -0.4 is 9.47 Å². The van der Waals surface area contributed by atoms with Gasteiger partial charge in [0.1, 0.15) is 5.82 Å². The van der Waals surface area contributed by atoms with Gasteiger partial charge in [-0.15, -0.1) is 0 Å². The van der Waals surface area contributed by atoms with Crippen molar-refractivity contribution in [1.82, 2.24) is 0 Å². The van der Waals surface area contributed by atoms with E-state index in [1.807, 2.05) is 0 Å². The largest absolute Gasteiger partial charge is 0.454 e. The second-order valence-electron chi connectivity index (χ2n) is 3.15. The number of aliphatic hydroxyl groups excluding tert-OH is 1. The van der Waals surface area contributed by atoms with E-state index in [2.05, 4.69) is 0 Å². The van der Waals surface area contributed by atoms with Gasteiger partial charge in [0.05, 0.1) is 6.10 Å². The molecule has 3 nitrogen and oxygen atoms in total. The van der Waals surface area contributed by atoms with Gasteiger partial charge in [0.2, 0.25) is 6.79 Å². The molecule has 76 valence electrons. The van der Waals surface area contributed by atoms with Gasteiger partial charge in [-0.1, -0.05) is 6.92 Å². The molecule has 1 aromatic rings. The van der Waals surface area contributed by atoms with Crippen LogP contribution >= 0.6 is 0 Å². The summed E-state index contributed by atoms with van der Waals surface area (Å²) in [5, 5.41) is 9.50. The van der Waals surface area contributed by atoms with Crippen molar-refractivity contribution in [2.45, 2.75) is 19.4 Å². The number of hydrogen-bond donors (Lipinski definition) is 1. The van der Waals surface area contributed by atoms with Crippen molar-refractivity contribution < 1.29 is 19.0 Å². The lowest BCUT2D eigenvalue weighted by atomic mass is 10.1. The van der Waals surface area contributed by atoms with Crippen molar-refractivity contribution in [2.75, 3.05) is 6.79 Å². The number of rotatable bonds is 2. The van der Waals surface area contributed by atoms with Crippen LogP contribution in [0.5, 0.6) is 11.5 Å². The predicted molar refractivity (Wildman–Crippen MR) is 47.8 cm³/mol. The first-order chi connectivity index (χ1) is 6.72. The van der Waals surface area contributed by atoms with Crippen LogP contribution in [0.1, 0.15) is 25.0 Å². The molecule has 4 heteroatoms.